The molecular formula is C16H14F2N2O2. The summed E-state index contributed by atoms with van der Waals surface area (Å²) >= 11 is 0. The van der Waals surface area contributed by atoms with Gasteiger partial charge in [-0.3, -0.25) is 10.1 Å². The Bertz CT molecular complexity index is 723. The van der Waals surface area contributed by atoms with Crippen LogP contribution >= 0.6 is 0 Å². The number of nitrogens with zero attached hydrogens (tertiary/aromatic N) is 2. The van der Waals surface area contributed by atoms with E-state index in [0.717, 1.165) is 12.1 Å². The Morgan fingerprint density at radius 1 is 1.09 bits per heavy atom. The molecule has 2 rings (SSSR count). The van der Waals surface area contributed by atoms with Gasteiger partial charge in [0.2, 0.25) is 0 Å². The van der Waals surface area contributed by atoms with Crippen molar-refractivity contribution in [2.75, 3.05) is 19.0 Å². The van der Waals surface area contributed by atoms with Crippen LogP contribution in [0.25, 0.3) is 12.2 Å². The fraction of sp³-hybridized carbons (Fsp3) is 0.125. The van der Waals surface area contributed by atoms with Crippen LogP contribution in [-0.2, 0) is 0 Å². The molecule has 2 aromatic carbocycles. The highest BCUT2D eigenvalue weighted by molar-refractivity contribution is 5.76. The molecule has 22 heavy (non-hydrogen) atoms. The highest BCUT2D eigenvalue weighted by Crippen LogP contribution is 2.27. The lowest BCUT2D eigenvalue weighted by atomic mass is 10.1. The Labute approximate surface area is 126 Å². The Kier molecular flexibility index (Phi) is 4.50. The van der Waals surface area contributed by atoms with Gasteiger partial charge in [0.05, 0.1) is 10.5 Å². The molecule has 0 aliphatic rings. The van der Waals surface area contributed by atoms with Crippen LogP contribution < -0.4 is 4.90 Å². The largest absolute Gasteiger partial charge is 0.377 e. The van der Waals surface area contributed by atoms with Crippen molar-refractivity contribution in [3.63, 3.8) is 0 Å². The molecular weight excluding hydrogens is 290 g/mol. The van der Waals surface area contributed by atoms with Crippen molar-refractivity contribution in [2.24, 2.45) is 0 Å². The first kappa shape index (κ1) is 15.6. The quantitative estimate of drug-likeness (QED) is 0.485. The molecule has 0 amide bonds. The minimum absolute atomic E-state index is 0.126. The number of hydrogen-bond acceptors (Lipinski definition) is 3. The minimum atomic E-state index is -0.719. The second kappa shape index (κ2) is 6.34. The SMILES string of the molecule is CN(C)c1ccc(C=Cc2c(F)cccc2F)c([N+](=O)[O-])c1. The third-order valence-corrected chi connectivity index (χ3v) is 3.16. The third kappa shape index (κ3) is 3.28. The summed E-state index contributed by atoms with van der Waals surface area (Å²) in [4.78, 5) is 12.4. The fourth-order valence-electron chi connectivity index (χ4n) is 1.95. The van der Waals surface area contributed by atoms with Gasteiger partial charge in [-0.25, -0.2) is 8.78 Å². The Balaban J connectivity index is 2.45. The molecule has 4 nitrogen and oxygen atoms in total. The first-order valence-corrected chi connectivity index (χ1v) is 6.48. The van der Waals surface area contributed by atoms with Crippen molar-refractivity contribution in [2.45, 2.75) is 0 Å². The van der Waals surface area contributed by atoms with Crippen molar-refractivity contribution >= 4 is 23.5 Å². The van der Waals surface area contributed by atoms with Crippen molar-refractivity contribution in [3.05, 3.63) is 69.3 Å². The Hall–Kier alpha value is -2.76. The molecule has 0 aromatic heterocycles. The maximum Gasteiger partial charge on any atom is 0.278 e. The molecule has 0 N–H and O–H groups in total. The number of halogens is 2. The summed E-state index contributed by atoms with van der Waals surface area (Å²) in [5.74, 6) is -1.44. The van der Waals surface area contributed by atoms with Crippen molar-refractivity contribution < 1.29 is 13.7 Å². The lowest BCUT2D eigenvalue weighted by Gasteiger charge is -2.12. The number of hydrogen-bond donors (Lipinski definition) is 0. The van der Waals surface area contributed by atoms with E-state index in [9.17, 15) is 18.9 Å². The Morgan fingerprint density at radius 3 is 2.27 bits per heavy atom. The second-order valence-corrected chi connectivity index (χ2v) is 4.86. The average Bonchev–Trinajstić information content (AvgIpc) is 2.46. The van der Waals surface area contributed by atoms with Crippen LogP contribution in [-0.4, -0.2) is 19.0 Å². The molecule has 0 aliphatic carbocycles. The van der Waals surface area contributed by atoms with E-state index in [0.29, 0.717) is 5.69 Å². The molecule has 0 saturated heterocycles. The molecule has 0 saturated carbocycles. The van der Waals surface area contributed by atoms with Crippen LogP contribution in [0, 0.1) is 21.7 Å². The maximum absolute atomic E-state index is 13.6. The first-order chi connectivity index (χ1) is 10.4. The van der Waals surface area contributed by atoms with Crippen LogP contribution in [0.5, 0.6) is 0 Å². The number of rotatable bonds is 4. The predicted octanol–water partition coefficient (Wildman–Crippen LogP) is 4.11. The van der Waals surface area contributed by atoms with Crippen LogP contribution in [0.1, 0.15) is 11.1 Å². The van der Waals surface area contributed by atoms with E-state index in [1.807, 2.05) is 0 Å². The summed E-state index contributed by atoms with van der Waals surface area (Å²) in [7, 11) is 3.53. The van der Waals surface area contributed by atoms with Crippen LogP contribution in [0.4, 0.5) is 20.2 Å². The van der Waals surface area contributed by atoms with Gasteiger partial charge in [-0.05, 0) is 36.4 Å². The molecule has 0 aliphatic heterocycles. The number of anilines is 1. The standard InChI is InChI=1S/C16H14F2N2O2/c1-19(2)12-8-6-11(16(10-12)20(21)22)7-9-13-14(17)4-3-5-15(13)18/h3-10H,1-2H3. The van der Waals surface area contributed by atoms with E-state index < -0.39 is 16.6 Å². The second-order valence-electron chi connectivity index (χ2n) is 4.86. The van der Waals surface area contributed by atoms with E-state index in [2.05, 4.69) is 0 Å². The zero-order valence-electron chi connectivity index (χ0n) is 12.1. The van der Waals surface area contributed by atoms with Gasteiger partial charge in [0.15, 0.2) is 0 Å². The number of nitro groups is 1. The zero-order valence-corrected chi connectivity index (χ0v) is 12.1. The highest BCUT2D eigenvalue weighted by Gasteiger charge is 2.14. The van der Waals surface area contributed by atoms with Crippen molar-refractivity contribution in [1.82, 2.24) is 0 Å². The van der Waals surface area contributed by atoms with Crippen LogP contribution in [0.15, 0.2) is 36.4 Å². The fourth-order valence-corrected chi connectivity index (χ4v) is 1.95. The van der Waals surface area contributed by atoms with Gasteiger partial charge in [-0.1, -0.05) is 6.07 Å². The molecule has 0 atom stereocenters. The van der Waals surface area contributed by atoms with E-state index in [4.69, 9.17) is 0 Å². The molecule has 0 bridgehead atoms. The third-order valence-electron chi connectivity index (χ3n) is 3.16. The summed E-state index contributed by atoms with van der Waals surface area (Å²) in [5, 5.41) is 11.1. The average molecular weight is 304 g/mol. The monoisotopic (exact) mass is 304 g/mol. The Morgan fingerprint density at radius 2 is 1.73 bits per heavy atom. The summed E-state index contributed by atoms with van der Waals surface area (Å²) in [5.41, 5.74) is 0.590. The minimum Gasteiger partial charge on any atom is -0.377 e. The van der Waals surface area contributed by atoms with Gasteiger partial charge in [0, 0.05) is 31.4 Å². The molecule has 2 aromatic rings. The lowest BCUT2D eigenvalue weighted by Crippen LogP contribution is -2.09. The van der Waals surface area contributed by atoms with Crippen LogP contribution in [0.2, 0.25) is 0 Å². The molecule has 0 fully saturated rings. The summed E-state index contributed by atoms with van der Waals surface area (Å²) in [6, 6.07) is 8.18. The van der Waals surface area contributed by atoms with Gasteiger partial charge in [-0.2, -0.15) is 0 Å². The van der Waals surface area contributed by atoms with Crippen molar-refractivity contribution in [1.29, 1.82) is 0 Å². The first-order valence-electron chi connectivity index (χ1n) is 6.48. The van der Waals surface area contributed by atoms with E-state index in [-0.39, 0.29) is 16.8 Å². The molecule has 6 heteroatoms. The number of nitro benzene ring substituents is 1. The van der Waals surface area contributed by atoms with Gasteiger partial charge >= 0.3 is 0 Å². The van der Waals surface area contributed by atoms with Gasteiger partial charge < -0.3 is 4.90 Å². The topological polar surface area (TPSA) is 46.4 Å². The van der Waals surface area contributed by atoms with Crippen LogP contribution in [0.3, 0.4) is 0 Å². The molecule has 0 spiro atoms. The van der Waals surface area contributed by atoms with E-state index in [1.165, 1.54) is 24.3 Å². The lowest BCUT2D eigenvalue weighted by molar-refractivity contribution is -0.385. The summed E-state index contributed by atoms with van der Waals surface area (Å²) in [6.07, 6.45) is 2.53. The molecule has 0 unspecified atom stereocenters. The number of benzene rings is 2. The smallest absolute Gasteiger partial charge is 0.278 e. The van der Waals surface area contributed by atoms with Gasteiger partial charge in [-0.15, -0.1) is 0 Å². The zero-order chi connectivity index (χ0) is 16.3. The van der Waals surface area contributed by atoms with E-state index >= 15 is 0 Å². The van der Waals surface area contributed by atoms with E-state index in [1.54, 1.807) is 31.1 Å². The summed E-state index contributed by atoms with van der Waals surface area (Å²) in [6.45, 7) is 0. The molecule has 114 valence electrons. The maximum atomic E-state index is 13.6. The predicted molar refractivity (Wildman–Crippen MR) is 82.7 cm³/mol. The molecule has 0 radical (unpaired) electrons. The van der Waals surface area contributed by atoms with Gasteiger partial charge in [0.1, 0.15) is 11.6 Å². The van der Waals surface area contributed by atoms with Crippen molar-refractivity contribution in [3.8, 4) is 0 Å². The summed E-state index contributed by atoms with van der Waals surface area (Å²) < 4.78 is 27.1. The molecule has 0 heterocycles. The normalized spacial score (nSPS) is 10.9. The highest BCUT2D eigenvalue weighted by atomic mass is 19.1. The van der Waals surface area contributed by atoms with Gasteiger partial charge in [0.25, 0.3) is 5.69 Å².